The van der Waals surface area contributed by atoms with E-state index in [1.165, 1.54) is 0 Å². The Morgan fingerprint density at radius 3 is 2.56 bits per heavy atom. The van der Waals surface area contributed by atoms with Crippen molar-refractivity contribution >= 4 is 11.6 Å². The Hall–Kier alpha value is -1.39. The van der Waals surface area contributed by atoms with Gasteiger partial charge in [0.1, 0.15) is 0 Å². The Morgan fingerprint density at radius 2 is 2.00 bits per heavy atom. The fraction of sp³-hybridized carbons (Fsp3) is 0.500. The number of methoxy groups -OCH3 is 1. The molecule has 0 aliphatic heterocycles. The molecule has 2 atom stereocenters. The molecule has 0 radical (unpaired) electrons. The molecule has 0 heterocycles. The van der Waals surface area contributed by atoms with E-state index in [1.807, 2.05) is 37.3 Å². The van der Waals surface area contributed by atoms with Crippen molar-refractivity contribution in [2.45, 2.75) is 32.4 Å². The van der Waals surface area contributed by atoms with Crippen molar-refractivity contribution in [1.29, 1.82) is 0 Å². The second-order valence-electron chi connectivity index (χ2n) is 4.30. The van der Waals surface area contributed by atoms with Crippen LogP contribution in [0.3, 0.4) is 0 Å². The first-order valence-electron chi connectivity index (χ1n) is 6.28. The molecule has 1 rings (SSSR count). The maximum Gasteiger partial charge on any atom is 0.241 e. The first-order valence-corrected chi connectivity index (χ1v) is 6.28. The van der Waals surface area contributed by atoms with Crippen LogP contribution in [-0.2, 0) is 9.53 Å². The lowest BCUT2D eigenvalue weighted by molar-refractivity contribution is -0.118. The molecule has 0 fully saturated rings. The number of para-hydroxylation sites is 1. The lowest BCUT2D eigenvalue weighted by atomic mass is 10.2. The normalized spacial score (nSPS) is 13.9. The Bertz CT molecular complexity index is 354. The minimum atomic E-state index is -0.245. The Kier molecular flexibility index (Phi) is 6.39. The number of carbonyl (C=O) groups is 1. The fourth-order valence-corrected chi connectivity index (χ4v) is 1.69. The van der Waals surface area contributed by atoms with Crippen molar-refractivity contribution in [3.05, 3.63) is 30.3 Å². The van der Waals surface area contributed by atoms with E-state index >= 15 is 0 Å². The molecule has 2 unspecified atom stereocenters. The SMILES string of the molecule is CCC(COC)NC(C)C(=O)Nc1ccccc1. The topological polar surface area (TPSA) is 50.4 Å². The number of benzene rings is 1. The Labute approximate surface area is 109 Å². The van der Waals surface area contributed by atoms with Gasteiger partial charge in [-0.3, -0.25) is 4.79 Å². The Balaban J connectivity index is 2.46. The highest BCUT2D eigenvalue weighted by molar-refractivity contribution is 5.94. The zero-order chi connectivity index (χ0) is 13.4. The molecular weight excluding hydrogens is 228 g/mol. The molecule has 0 saturated carbocycles. The second kappa shape index (κ2) is 7.84. The van der Waals surface area contributed by atoms with Crippen molar-refractivity contribution in [3.8, 4) is 0 Å². The number of carbonyl (C=O) groups excluding carboxylic acids is 1. The third-order valence-electron chi connectivity index (χ3n) is 2.78. The quantitative estimate of drug-likeness (QED) is 0.778. The largest absolute Gasteiger partial charge is 0.383 e. The van der Waals surface area contributed by atoms with Crippen molar-refractivity contribution < 1.29 is 9.53 Å². The predicted octanol–water partition coefficient (Wildman–Crippen LogP) is 2.03. The summed E-state index contributed by atoms with van der Waals surface area (Å²) >= 11 is 0. The lowest BCUT2D eigenvalue weighted by Crippen LogP contribution is -2.45. The molecule has 0 aliphatic rings. The van der Waals surface area contributed by atoms with Crippen LogP contribution in [0.4, 0.5) is 5.69 Å². The minimum Gasteiger partial charge on any atom is -0.383 e. The van der Waals surface area contributed by atoms with E-state index in [2.05, 4.69) is 17.6 Å². The van der Waals surface area contributed by atoms with E-state index in [9.17, 15) is 4.79 Å². The molecule has 0 spiro atoms. The van der Waals surface area contributed by atoms with E-state index in [0.717, 1.165) is 12.1 Å². The molecule has 1 amide bonds. The van der Waals surface area contributed by atoms with Crippen LogP contribution in [0.2, 0.25) is 0 Å². The summed E-state index contributed by atoms with van der Waals surface area (Å²) in [6.07, 6.45) is 0.927. The van der Waals surface area contributed by atoms with Gasteiger partial charge >= 0.3 is 0 Å². The van der Waals surface area contributed by atoms with Crippen LogP contribution in [0.25, 0.3) is 0 Å². The number of hydrogen-bond acceptors (Lipinski definition) is 3. The Morgan fingerprint density at radius 1 is 1.33 bits per heavy atom. The highest BCUT2D eigenvalue weighted by atomic mass is 16.5. The first kappa shape index (κ1) is 14.7. The predicted molar refractivity (Wildman–Crippen MR) is 73.6 cm³/mol. The van der Waals surface area contributed by atoms with Crippen LogP contribution in [0, 0.1) is 0 Å². The summed E-state index contributed by atoms with van der Waals surface area (Å²) < 4.78 is 5.10. The van der Waals surface area contributed by atoms with Crippen LogP contribution in [0.15, 0.2) is 30.3 Å². The molecule has 18 heavy (non-hydrogen) atoms. The minimum absolute atomic E-state index is 0.0317. The standard InChI is InChI=1S/C14H22N2O2/c1-4-12(10-18-3)15-11(2)14(17)16-13-8-6-5-7-9-13/h5-9,11-12,15H,4,10H2,1-3H3,(H,16,17). The van der Waals surface area contributed by atoms with Gasteiger partial charge < -0.3 is 15.4 Å². The van der Waals surface area contributed by atoms with Crippen LogP contribution in [-0.4, -0.2) is 31.7 Å². The highest BCUT2D eigenvalue weighted by Crippen LogP contribution is 2.06. The summed E-state index contributed by atoms with van der Waals surface area (Å²) in [5.74, 6) is -0.0317. The number of hydrogen-bond donors (Lipinski definition) is 2. The lowest BCUT2D eigenvalue weighted by Gasteiger charge is -2.21. The summed E-state index contributed by atoms with van der Waals surface area (Å²) in [7, 11) is 1.67. The molecular formula is C14H22N2O2. The first-order chi connectivity index (χ1) is 8.67. The molecule has 0 aliphatic carbocycles. The number of rotatable bonds is 7. The van der Waals surface area contributed by atoms with Crippen molar-refractivity contribution in [3.63, 3.8) is 0 Å². The summed E-state index contributed by atoms with van der Waals surface area (Å²) in [4.78, 5) is 12.0. The summed E-state index contributed by atoms with van der Waals surface area (Å²) in [5, 5.41) is 6.12. The maximum absolute atomic E-state index is 12.0. The molecule has 4 nitrogen and oxygen atoms in total. The van der Waals surface area contributed by atoms with E-state index in [0.29, 0.717) is 6.61 Å². The second-order valence-corrected chi connectivity index (χ2v) is 4.30. The highest BCUT2D eigenvalue weighted by Gasteiger charge is 2.16. The van der Waals surface area contributed by atoms with Crippen molar-refractivity contribution in [2.75, 3.05) is 19.0 Å². The smallest absolute Gasteiger partial charge is 0.241 e. The van der Waals surface area contributed by atoms with Gasteiger partial charge in [-0.15, -0.1) is 0 Å². The van der Waals surface area contributed by atoms with Gasteiger partial charge in [0.05, 0.1) is 12.6 Å². The number of anilines is 1. The molecule has 1 aromatic carbocycles. The van der Waals surface area contributed by atoms with Crippen molar-refractivity contribution in [2.24, 2.45) is 0 Å². The third-order valence-corrected chi connectivity index (χ3v) is 2.78. The van der Waals surface area contributed by atoms with E-state index in [1.54, 1.807) is 7.11 Å². The van der Waals surface area contributed by atoms with E-state index in [-0.39, 0.29) is 18.0 Å². The average molecular weight is 250 g/mol. The van der Waals surface area contributed by atoms with Gasteiger partial charge in [-0.25, -0.2) is 0 Å². The van der Waals surface area contributed by atoms with Crippen molar-refractivity contribution in [1.82, 2.24) is 5.32 Å². The van der Waals surface area contributed by atoms with Gasteiger partial charge in [0.15, 0.2) is 0 Å². The van der Waals surface area contributed by atoms with Crippen LogP contribution in [0.5, 0.6) is 0 Å². The molecule has 1 aromatic rings. The summed E-state index contributed by atoms with van der Waals surface area (Å²) in [5.41, 5.74) is 0.816. The van der Waals surface area contributed by atoms with Gasteiger partial charge in [-0.1, -0.05) is 25.1 Å². The maximum atomic E-state index is 12.0. The molecule has 100 valence electrons. The monoisotopic (exact) mass is 250 g/mol. The zero-order valence-corrected chi connectivity index (χ0v) is 11.3. The summed E-state index contributed by atoms with van der Waals surface area (Å²) in [6.45, 7) is 4.54. The molecule has 2 N–H and O–H groups in total. The molecule has 4 heteroatoms. The third kappa shape index (κ3) is 4.85. The van der Waals surface area contributed by atoms with E-state index in [4.69, 9.17) is 4.74 Å². The van der Waals surface area contributed by atoms with Gasteiger partial charge in [0.2, 0.25) is 5.91 Å². The molecule has 0 bridgehead atoms. The average Bonchev–Trinajstić information content (AvgIpc) is 2.39. The molecule has 0 saturated heterocycles. The van der Waals surface area contributed by atoms with Crippen LogP contribution in [0.1, 0.15) is 20.3 Å². The number of nitrogens with one attached hydrogen (secondary N) is 2. The number of amides is 1. The van der Waals surface area contributed by atoms with Gasteiger partial charge in [-0.05, 0) is 25.5 Å². The van der Waals surface area contributed by atoms with Gasteiger partial charge in [0.25, 0.3) is 0 Å². The number of ether oxygens (including phenoxy) is 1. The molecule has 0 aromatic heterocycles. The zero-order valence-electron chi connectivity index (χ0n) is 11.3. The fourth-order valence-electron chi connectivity index (χ4n) is 1.69. The van der Waals surface area contributed by atoms with Crippen LogP contribution >= 0.6 is 0 Å². The van der Waals surface area contributed by atoms with Gasteiger partial charge in [-0.2, -0.15) is 0 Å². The van der Waals surface area contributed by atoms with E-state index < -0.39 is 0 Å². The van der Waals surface area contributed by atoms with Gasteiger partial charge in [0, 0.05) is 18.8 Å². The summed E-state index contributed by atoms with van der Waals surface area (Å²) in [6, 6.07) is 9.41. The van der Waals surface area contributed by atoms with Crippen LogP contribution < -0.4 is 10.6 Å².